The monoisotopic (exact) mass is 206 g/mol. The van der Waals surface area contributed by atoms with E-state index < -0.39 is 0 Å². The van der Waals surface area contributed by atoms with Crippen molar-refractivity contribution in [3.63, 3.8) is 0 Å². The molecule has 1 aliphatic rings. The third-order valence-electron chi connectivity index (χ3n) is 2.10. The first-order chi connectivity index (χ1) is 5.74. The number of rotatable bonds is 2. The molecule has 2 unspecified atom stereocenters. The zero-order valence-corrected chi connectivity index (χ0v) is 9.04. The van der Waals surface area contributed by atoms with Crippen LogP contribution < -0.4 is 0 Å². The van der Waals surface area contributed by atoms with Gasteiger partial charge in [0.05, 0.1) is 13.2 Å². The summed E-state index contributed by atoms with van der Waals surface area (Å²) in [5.74, 6) is 1.13. The van der Waals surface area contributed by atoms with E-state index in [1.165, 1.54) is 11.8 Å². The van der Waals surface area contributed by atoms with Gasteiger partial charge in [0.1, 0.15) is 0 Å². The van der Waals surface area contributed by atoms with Crippen LogP contribution in [0.25, 0.3) is 0 Å². The topological polar surface area (TPSA) is 18.5 Å². The van der Waals surface area contributed by atoms with Gasteiger partial charge in [-0.2, -0.15) is 0 Å². The van der Waals surface area contributed by atoms with Gasteiger partial charge in [-0.25, -0.2) is 0 Å². The van der Waals surface area contributed by atoms with E-state index in [2.05, 4.69) is 6.92 Å². The predicted molar refractivity (Wildman–Crippen MR) is 55.5 cm³/mol. The van der Waals surface area contributed by atoms with E-state index in [1.54, 1.807) is 0 Å². The van der Waals surface area contributed by atoms with Gasteiger partial charge in [0.15, 0.2) is 0 Å². The zero-order chi connectivity index (χ0) is 8.97. The van der Waals surface area contributed by atoms with E-state index in [0.29, 0.717) is 22.8 Å². The summed E-state index contributed by atoms with van der Waals surface area (Å²) in [5.41, 5.74) is 0. The molecular weight excluding hydrogens is 192 g/mol. The second-order valence-corrected chi connectivity index (χ2v) is 4.45. The molecule has 0 aromatic carbocycles. The van der Waals surface area contributed by atoms with E-state index in [1.807, 2.05) is 6.26 Å². The quantitative estimate of drug-likeness (QED) is 0.642. The molecule has 0 radical (unpaired) electrons. The second-order valence-electron chi connectivity index (χ2n) is 3.04. The minimum atomic E-state index is 0.523. The lowest BCUT2D eigenvalue weighted by molar-refractivity contribution is 0.166. The highest BCUT2D eigenvalue weighted by Gasteiger charge is 2.24. The number of thioether (sulfide) groups is 1. The largest absolute Gasteiger partial charge is 0.478 e. The fourth-order valence-corrected chi connectivity index (χ4v) is 1.41. The van der Waals surface area contributed by atoms with Crippen molar-refractivity contribution < 1.29 is 9.47 Å². The standard InChI is InChI=1S/C8H14O2S2/c1-6-3-9-4-7(6)5-10-8(11)12-2/h6-7H,3-5H2,1-2H3. The Kier molecular flexibility index (Phi) is 4.32. The summed E-state index contributed by atoms with van der Waals surface area (Å²) in [4.78, 5) is 0. The molecule has 0 spiro atoms. The molecule has 2 nitrogen and oxygen atoms in total. The van der Waals surface area contributed by atoms with Gasteiger partial charge >= 0.3 is 0 Å². The average Bonchev–Trinajstić information content (AvgIpc) is 2.47. The summed E-state index contributed by atoms with van der Waals surface area (Å²) >= 11 is 6.41. The smallest absolute Gasteiger partial charge is 0.219 e. The Morgan fingerprint density at radius 1 is 1.67 bits per heavy atom. The molecule has 70 valence electrons. The van der Waals surface area contributed by atoms with Gasteiger partial charge in [0.2, 0.25) is 4.38 Å². The average molecular weight is 206 g/mol. The molecular formula is C8H14O2S2. The SMILES string of the molecule is CSC(=S)OCC1COCC1C. The highest BCUT2D eigenvalue weighted by atomic mass is 32.2. The van der Waals surface area contributed by atoms with E-state index in [0.717, 1.165) is 13.2 Å². The molecule has 0 saturated carbocycles. The van der Waals surface area contributed by atoms with E-state index >= 15 is 0 Å². The first kappa shape index (κ1) is 10.3. The van der Waals surface area contributed by atoms with E-state index in [-0.39, 0.29) is 0 Å². The number of hydrogen-bond acceptors (Lipinski definition) is 4. The number of hydrogen-bond donors (Lipinski definition) is 0. The van der Waals surface area contributed by atoms with Crippen LogP contribution in [-0.2, 0) is 9.47 Å². The van der Waals surface area contributed by atoms with E-state index in [4.69, 9.17) is 21.7 Å². The Morgan fingerprint density at radius 3 is 2.92 bits per heavy atom. The lowest BCUT2D eigenvalue weighted by atomic mass is 10.00. The second kappa shape index (κ2) is 5.04. The summed E-state index contributed by atoms with van der Waals surface area (Å²) in [7, 11) is 0. The first-order valence-corrected chi connectivity index (χ1v) is 5.66. The summed E-state index contributed by atoms with van der Waals surface area (Å²) in [6, 6.07) is 0. The first-order valence-electron chi connectivity index (χ1n) is 4.02. The molecule has 2 atom stereocenters. The van der Waals surface area contributed by atoms with Crippen molar-refractivity contribution in [2.75, 3.05) is 26.1 Å². The zero-order valence-electron chi connectivity index (χ0n) is 7.41. The maximum Gasteiger partial charge on any atom is 0.219 e. The third kappa shape index (κ3) is 2.92. The molecule has 1 heterocycles. The Labute approximate surface area is 83.0 Å². The van der Waals surface area contributed by atoms with E-state index in [9.17, 15) is 0 Å². The third-order valence-corrected chi connectivity index (χ3v) is 3.17. The predicted octanol–water partition coefficient (Wildman–Crippen LogP) is 1.93. The molecule has 0 aromatic heterocycles. The molecule has 1 fully saturated rings. The fourth-order valence-electron chi connectivity index (χ4n) is 1.15. The van der Waals surface area contributed by atoms with Crippen LogP contribution in [0.2, 0.25) is 0 Å². The van der Waals surface area contributed by atoms with Crippen molar-refractivity contribution in [1.29, 1.82) is 0 Å². The van der Waals surface area contributed by atoms with Crippen LogP contribution in [0.4, 0.5) is 0 Å². The van der Waals surface area contributed by atoms with Gasteiger partial charge < -0.3 is 9.47 Å². The molecule has 0 aliphatic carbocycles. The number of thiocarbonyl (C=S) groups is 1. The lowest BCUT2D eigenvalue weighted by Crippen LogP contribution is -2.17. The minimum Gasteiger partial charge on any atom is -0.478 e. The van der Waals surface area contributed by atoms with Crippen LogP contribution in [0.5, 0.6) is 0 Å². The van der Waals surface area contributed by atoms with Crippen molar-refractivity contribution in [3.8, 4) is 0 Å². The Hall–Kier alpha value is 0.200. The molecule has 1 saturated heterocycles. The highest BCUT2D eigenvalue weighted by Crippen LogP contribution is 2.20. The molecule has 1 rings (SSSR count). The van der Waals surface area contributed by atoms with Crippen molar-refractivity contribution in [2.24, 2.45) is 11.8 Å². The molecule has 12 heavy (non-hydrogen) atoms. The summed E-state index contributed by atoms with van der Waals surface area (Å²) < 4.78 is 11.3. The molecule has 1 aliphatic heterocycles. The minimum absolute atomic E-state index is 0.523. The Morgan fingerprint density at radius 2 is 2.42 bits per heavy atom. The Balaban J connectivity index is 2.18. The molecule has 4 heteroatoms. The van der Waals surface area contributed by atoms with Gasteiger partial charge in [0.25, 0.3) is 0 Å². The lowest BCUT2D eigenvalue weighted by Gasteiger charge is -2.13. The van der Waals surface area contributed by atoms with Crippen LogP contribution in [0.1, 0.15) is 6.92 Å². The summed E-state index contributed by atoms with van der Waals surface area (Å²) in [5, 5.41) is 0. The maximum absolute atomic E-state index is 5.36. The summed E-state index contributed by atoms with van der Waals surface area (Å²) in [6.07, 6.45) is 1.93. The number of ether oxygens (including phenoxy) is 2. The van der Waals surface area contributed by atoms with Crippen molar-refractivity contribution in [1.82, 2.24) is 0 Å². The van der Waals surface area contributed by atoms with Gasteiger partial charge in [-0.15, -0.1) is 0 Å². The van der Waals surface area contributed by atoms with Gasteiger partial charge in [-0.3, -0.25) is 0 Å². The van der Waals surface area contributed by atoms with Gasteiger partial charge in [0, 0.05) is 12.5 Å². The molecule has 0 amide bonds. The normalized spacial score (nSPS) is 28.8. The van der Waals surface area contributed by atoms with Crippen LogP contribution in [0.15, 0.2) is 0 Å². The Bertz CT molecular complexity index is 161. The van der Waals surface area contributed by atoms with Crippen LogP contribution in [0, 0.1) is 11.8 Å². The summed E-state index contributed by atoms with van der Waals surface area (Å²) in [6.45, 7) is 4.57. The molecule has 0 bridgehead atoms. The van der Waals surface area contributed by atoms with Crippen LogP contribution in [-0.4, -0.2) is 30.5 Å². The van der Waals surface area contributed by atoms with Crippen molar-refractivity contribution >= 4 is 28.4 Å². The van der Waals surface area contributed by atoms with Crippen LogP contribution >= 0.6 is 24.0 Å². The molecule has 0 aromatic rings. The molecule has 0 N–H and O–H groups in total. The van der Waals surface area contributed by atoms with Crippen molar-refractivity contribution in [3.05, 3.63) is 0 Å². The maximum atomic E-state index is 5.36. The highest BCUT2D eigenvalue weighted by molar-refractivity contribution is 8.22. The van der Waals surface area contributed by atoms with Gasteiger partial charge in [-0.1, -0.05) is 18.7 Å². The van der Waals surface area contributed by atoms with Gasteiger partial charge in [-0.05, 0) is 24.4 Å². The van der Waals surface area contributed by atoms with Crippen molar-refractivity contribution in [2.45, 2.75) is 6.92 Å². The van der Waals surface area contributed by atoms with Crippen LogP contribution in [0.3, 0.4) is 0 Å². The fraction of sp³-hybridized carbons (Fsp3) is 0.875.